The lowest BCUT2D eigenvalue weighted by Gasteiger charge is -2.36. The summed E-state index contributed by atoms with van der Waals surface area (Å²) in [4.78, 5) is 5.70. The second-order valence-corrected chi connectivity index (χ2v) is 5.44. The van der Waals surface area contributed by atoms with E-state index in [1.165, 1.54) is 0 Å². The highest BCUT2D eigenvalue weighted by Crippen LogP contribution is 2.34. The molecular weight excluding hydrogens is 279 g/mol. The summed E-state index contributed by atoms with van der Waals surface area (Å²) < 4.78 is 37.6. The molecule has 0 aliphatic carbocycles. The number of aromatic nitrogens is 1. The molecule has 0 aromatic carbocycles. The molecule has 2 atom stereocenters. The van der Waals surface area contributed by atoms with Crippen molar-refractivity contribution in [2.24, 2.45) is 11.7 Å². The van der Waals surface area contributed by atoms with Crippen molar-refractivity contribution in [3.8, 4) is 0 Å². The van der Waals surface area contributed by atoms with Gasteiger partial charge in [0.25, 0.3) is 0 Å². The topological polar surface area (TPSA) is 42.1 Å². The smallest absolute Gasteiger partial charge is 0.354 e. The summed E-state index contributed by atoms with van der Waals surface area (Å²) >= 11 is 5.92. The third-order valence-electron chi connectivity index (χ3n) is 3.14. The number of nitrogens with zero attached hydrogens (tertiary/aromatic N) is 2. The average molecular weight is 294 g/mol. The fraction of sp³-hybridized carbons (Fsp3) is 0.583. The molecule has 1 saturated heterocycles. The zero-order valence-corrected chi connectivity index (χ0v) is 11.2. The monoisotopic (exact) mass is 293 g/mol. The first-order chi connectivity index (χ1) is 8.77. The van der Waals surface area contributed by atoms with Gasteiger partial charge in [-0.25, -0.2) is 4.98 Å². The van der Waals surface area contributed by atoms with Gasteiger partial charge < -0.3 is 10.6 Å². The molecule has 2 rings (SSSR count). The second-order valence-electron chi connectivity index (χ2n) is 5.03. The van der Waals surface area contributed by atoms with Crippen LogP contribution in [0.5, 0.6) is 0 Å². The number of hydrogen-bond acceptors (Lipinski definition) is 3. The molecule has 106 valence electrons. The molecule has 7 heteroatoms. The number of hydrogen-bond donors (Lipinski definition) is 1. The molecule has 0 spiro atoms. The van der Waals surface area contributed by atoms with E-state index in [1.54, 1.807) is 0 Å². The predicted octanol–water partition coefficient (Wildman–Crippen LogP) is 2.93. The molecule has 1 fully saturated rings. The SMILES string of the molecule is CC1CC(N)CN(c2ncc(C(F)(F)F)cc2Cl)C1. The molecule has 2 unspecified atom stereocenters. The van der Waals surface area contributed by atoms with Crippen molar-refractivity contribution in [1.82, 2.24) is 4.98 Å². The maximum absolute atomic E-state index is 12.5. The van der Waals surface area contributed by atoms with Gasteiger partial charge in [-0.3, -0.25) is 0 Å². The number of halogens is 4. The Balaban J connectivity index is 2.26. The zero-order chi connectivity index (χ0) is 14.2. The van der Waals surface area contributed by atoms with E-state index >= 15 is 0 Å². The van der Waals surface area contributed by atoms with Gasteiger partial charge in [0.2, 0.25) is 0 Å². The van der Waals surface area contributed by atoms with Gasteiger partial charge in [0.15, 0.2) is 0 Å². The van der Waals surface area contributed by atoms with Crippen molar-refractivity contribution in [2.75, 3.05) is 18.0 Å². The molecule has 2 heterocycles. The highest BCUT2D eigenvalue weighted by Gasteiger charge is 2.32. The van der Waals surface area contributed by atoms with Crippen LogP contribution in [-0.4, -0.2) is 24.1 Å². The Bertz CT molecular complexity index is 454. The Morgan fingerprint density at radius 2 is 2.11 bits per heavy atom. The summed E-state index contributed by atoms with van der Waals surface area (Å²) in [7, 11) is 0. The third-order valence-corrected chi connectivity index (χ3v) is 3.42. The highest BCUT2D eigenvalue weighted by atomic mass is 35.5. The van der Waals surface area contributed by atoms with Crippen LogP contribution in [0.25, 0.3) is 0 Å². The lowest BCUT2D eigenvalue weighted by Crippen LogP contribution is -2.46. The van der Waals surface area contributed by atoms with Gasteiger partial charge in [-0.1, -0.05) is 18.5 Å². The lowest BCUT2D eigenvalue weighted by atomic mass is 9.96. The first-order valence-electron chi connectivity index (χ1n) is 6.00. The highest BCUT2D eigenvalue weighted by molar-refractivity contribution is 6.33. The maximum atomic E-state index is 12.5. The first-order valence-corrected chi connectivity index (χ1v) is 6.38. The second kappa shape index (κ2) is 5.17. The van der Waals surface area contributed by atoms with Gasteiger partial charge in [0.1, 0.15) is 5.82 Å². The van der Waals surface area contributed by atoms with Crippen LogP contribution in [0.4, 0.5) is 19.0 Å². The van der Waals surface area contributed by atoms with Crippen molar-refractivity contribution >= 4 is 17.4 Å². The quantitative estimate of drug-likeness (QED) is 0.866. The fourth-order valence-electron chi connectivity index (χ4n) is 2.39. The molecular formula is C12H15ClF3N3. The minimum Gasteiger partial charge on any atom is -0.354 e. The van der Waals surface area contributed by atoms with Crippen molar-refractivity contribution in [1.29, 1.82) is 0 Å². The Hall–Kier alpha value is -1.01. The molecule has 0 amide bonds. The van der Waals surface area contributed by atoms with Crippen molar-refractivity contribution in [3.63, 3.8) is 0 Å². The lowest BCUT2D eigenvalue weighted by molar-refractivity contribution is -0.137. The molecule has 19 heavy (non-hydrogen) atoms. The number of pyridine rings is 1. The van der Waals surface area contributed by atoms with E-state index in [1.807, 2.05) is 11.8 Å². The standard InChI is InChI=1S/C12H15ClF3N3/c1-7-2-9(17)6-19(5-7)11-10(13)3-8(4-18-11)12(14,15)16/h3-4,7,9H,2,5-6,17H2,1H3. The molecule has 0 bridgehead atoms. The zero-order valence-electron chi connectivity index (χ0n) is 10.4. The van der Waals surface area contributed by atoms with Gasteiger partial charge in [0, 0.05) is 25.3 Å². The Labute approximate surface area is 114 Å². The molecule has 1 aromatic heterocycles. The van der Waals surface area contributed by atoms with Crippen LogP contribution < -0.4 is 10.6 Å². The van der Waals surface area contributed by atoms with Gasteiger partial charge in [-0.2, -0.15) is 13.2 Å². The number of piperidine rings is 1. The minimum absolute atomic E-state index is 0.0103. The van der Waals surface area contributed by atoms with Crippen LogP contribution in [0.1, 0.15) is 18.9 Å². The van der Waals surface area contributed by atoms with Crippen LogP contribution in [0.2, 0.25) is 5.02 Å². The Morgan fingerprint density at radius 1 is 1.42 bits per heavy atom. The van der Waals surface area contributed by atoms with E-state index in [-0.39, 0.29) is 11.1 Å². The molecule has 1 aromatic rings. The van der Waals surface area contributed by atoms with E-state index in [0.29, 0.717) is 24.8 Å². The molecule has 1 aliphatic rings. The Morgan fingerprint density at radius 3 is 2.63 bits per heavy atom. The van der Waals surface area contributed by atoms with Crippen molar-refractivity contribution in [2.45, 2.75) is 25.6 Å². The van der Waals surface area contributed by atoms with E-state index in [0.717, 1.165) is 18.7 Å². The van der Waals surface area contributed by atoms with Gasteiger partial charge in [0.05, 0.1) is 10.6 Å². The number of alkyl halides is 3. The normalized spacial score (nSPS) is 24.6. The van der Waals surface area contributed by atoms with E-state index in [9.17, 15) is 13.2 Å². The average Bonchev–Trinajstić information content (AvgIpc) is 2.26. The van der Waals surface area contributed by atoms with Crippen LogP contribution >= 0.6 is 11.6 Å². The summed E-state index contributed by atoms with van der Waals surface area (Å²) in [6.07, 6.45) is -2.72. The molecule has 3 nitrogen and oxygen atoms in total. The van der Waals surface area contributed by atoms with Gasteiger partial charge in [-0.05, 0) is 18.4 Å². The molecule has 0 radical (unpaired) electrons. The molecule has 0 saturated carbocycles. The summed E-state index contributed by atoms with van der Waals surface area (Å²) in [5.41, 5.74) is 5.07. The van der Waals surface area contributed by atoms with Crippen LogP contribution in [0.3, 0.4) is 0 Å². The van der Waals surface area contributed by atoms with Crippen molar-refractivity contribution in [3.05, 3.63) is 22.8 Å². The van der Waals surface area contributed by atoms with Gasteiger partial charge >= 0.3 is 6.18 Å². The summed E-state index contributed by atoms with van der Waals surface area (Å²) in [6.45, 7) is 3.30. The van der Waals surface area contributed by atoms with Gasteiger partial charge in [-0.15, -0.1) is 0 Å². The predicted molar refractivity (Wildman–Crippen MR) is 68.2 cm³/mol. The van der Waals surface area contributed by atoms with Crippen molar-refractivity contribution < 1.29 is 13.2 Å². The number of rotatable bonds is 1. The van der Waals surface area contributed by atoms with Crippen LogP contribution in [0, 0.1) is 5.92 Å². The first kappa shape index (κ1) is 14.4. The third kappa shape index (κ3) is 3.30. The Kier molecular flexibility index (Phi) is 3.92. The molecule has 2 N–H and O–H groups in total. The van der Waals surface area contributed by atoms with Crippen LogP contribution in [0.15, 0.2) is 12.3 Å². The minimum atomic E-state index is -4.43. The number of nitrogens with two attached hydrogens (primary N) is 1. The maximum Gasteiger partial charge on any atom is 0.417 e. The summed E-state index contributed by atoms with van der Waals surface area (Å²) in [5, 5.41) is 0.0103. The fourth-order valence-corrected chi connectivity index (χ4v) is 2.68. The number of anilines is 1. The summed E-state index contributed by atoms with van der Waals surface area (Å²) in [5.74, 6) is 0.737. The van der Waals surface area contributed by atoms with E-state index < -0.39 is 11.7 Å². The van der Waals surface area contributed by atoms with E-state index in [2.05, 4.69) is 4.98 Å². The van der Waals surface area contributed by atoms with E-state index in [4.69, 9.17) is 17.3 Å². The molecule has 1 aliphatic heterocycles. The largest absolute Gasteiger partial charge is 0.417 e. The van der Waals surface area contributed by atoms with Crippen LogP contribution in [-0.2, 0) is 6.18 Å². The summed E-state index contributed by atoms with van der Waals surface area (Å²) in [6, 6.07) is 0.901.